The minimum absolute atomic E-state index is 0.0261. The zero-order chi connectivity index (χ0) is 17.2. The number of nitriles is 1. The third-order valence-corrected chi connectivity index (χ3v) is 4.90. The normalized spacial score (nSPS) is 24.0. The molecule has 2 aromatic rings. The van der Waals surface area contributed by atoms with E-state index in [1.807, 2.05) is 30.3 Å². The van der Waals surface area contributed by atoms with Crippen LogP contribution in [0.25, 0.3) is 11.0 Å². The summed E-state index contributed by atoms with van der Waals surface area (Å²) >= 11 is 0. The highest BCUT2D eigenvalue weighted by molar-refractivity contribution is 5.97. The average molecular weight is 336 g/mol. The van der Waals surface area contributed by atoms with E-state index in [4.69, 9.17) is 4.42 Å². The molecule has 2 saturated heterocycles. The van der Waals surface area contributed by atoms with Crippen molar-refractivity contribution in [3.63, 3.8) is 0 Å². The number of carbonyl (C=O) groups excluding carboxylic acids is 1. The van der Waals surface area contributed by atoms with Gasteiger partial charge < -0.3 is 9.32 Å². The van der Waals surface area contributed by atoms with Gasteiger partial charge in [-0.05, 0) is 25.0 Å². The molecule has 2 aliphatic rings. The van der Waals surface area contributed by atoms with Gasteiger partial charge in [0.1, 0.15) is 23.0 Å². The van der Waals surface area contributed by atoms with Crippen molar-refractivity contribution in [2.45, 2.75) is 18.9 Å². The van der Waals surface area contributed by atoms with E-state index in [9.17, 15) is 10.1 Å². The van der Waals surface area contributed by atoms with Crippen molar-refractivity contribution >= 4 is 16.9 Å². The van der Waals surface area contributed by atoms with Crippen LogP contribution >= 0.6 is 0 Å². The molecule has 25 heavy (non-hydrogen) atoms. The Labute approximate surface area is 146 Å². The molecule has 2 unspecified atom stereocenters. The maximum Gasteiger partial charge on any atom is 0.264 e. The summed E-state index contributed by atoms with van der Waals surface area (Å²) in [5.74, 6) is 0.621. The highest BCUT2D eigenvalue weighted by Gasteiger charge is 2.31. The third-order valence-electron chi connectivity index (χ3n) is 4.90. The molecular formula is C19H20N4O2. The van der Waals surface area contributed by atoms with Crippen molar-refractivity contribution in [3.8, 4) is 6.07 Å². The maximum absolute atomic E-state index is 12.5. The van der Waals surface area contributed by atoms with Gasteiger partial charge in [-0.25, -0.2) is 5.43 Å². The van der Waals surface area contributed by atoms with Crippen molar-refractivity contribution < 1.29 is 9.21 Å². The van der Waals surface area contributed by atoms with Crippen LogP contribution in [0.2, 0.25) is 0 Å². The average Bonchev–Trinajstić information content (AvgIpc) is 3.38. The number of hydrogen-bond acceptors (Lipinski definition) is 5. The number of amides is 1. The van der Waals surface area contributed by atoms with Crippen LogP contribution in [0.15, 0.2) is 46.4 Å². The molecule has 2 atom stereocenters. The number of hydrazine groups is 1. The molecule has 2 fully saturated rings. The first-order chi connectivity index (χ1) is 12.3. The molecule has 128 valence electrons. The molecule has 0 aliphatic carbocycles. The molecule has 0 spiro atoms. The smallest absolute Gasteiger partial charge is 0.264 e. The van der Waals surface area contributed by atoms with Gasteiger partial charge in [0.2, 0.25) is 0 Å². The molecule has 0 saturated carbocycles. The summed E-state index contributed by atoms with van der Waals surface area (Å²) in [4.78, 5) is 14.3. The summed E-state index contributed by atoms with van der Waals surface area (Å²) in [6, 6.07) is 11.8. The van der Waals surface area contributed by atoms with E-state index in [2.05, 4.69) is 16.9 Å². The fourth-order valence-corrected chi connectivity index (χ4v) is 3.57. The Morgan fingerprint density at radius 3 is 2.88 bits per heavy atom. The summed E-state index contributed by atoms with van der Waals surface area (Å²) in [7, 11) is 0. The fourth-order valence-electron chi connectivity index (χ4n) is 3.57. The lowest BCUT2D eigenvalue weighted by atomic mass is 9.96. The maximum atomic E-state index is 12.5. The van der Waals surface area contributed by atoms with Crippen LogP contribution in [0.4, 0.5) is 0 Å². The topological polar surface area (TPSA) is 81.3 Å². The standard InChI is InChI=1S/C19H20N4O2/c20-11-14(19(24)23-7-3-4-8-23)9-15-12-21-22-18(15)17-10-13-5-1-2-6-16(13)25-17/h1-2,5-6,9-10,15,18,21-22H,3-4,7-8,12H2/b14-9+. The molecule has 1 amide bonds. The molecule has 0 bridgehead atoms. The molecule has 1 aromatic heterocycles. The minimum atomic E-state index is -0.157. The van der Waals surface area contributed by atoms with Gasteiger partial charge in [-0.2, -0.15) is 5.26 Å². The van der Waals surface area contributed by atoms with Gasteiger partial charge in [-0.15, -0.1) is 0 Å². The number of benzene rings is 1. The summed E-state index contributed by atoms with van der Waals surface area (Å²) in [6.07, 6.45) is 3.81. The van der Waals surface area contributed by atoms with Crippen LogP contribution in [0, 0.1) is 17.2 Å². The van der Waals surface area contributed by atoms with Gasteiger partial charge in [0.15, 0.2) is 0 Å². The van der Waals surface area contributed by atoms with Crippen LogP contribution in [-0.4, -0.2) is 30.4 Å². The SMILES string of the molecule is N#C/C(=C\C1CNNC1c1cc2ccccc2o1)C(=O)N1CCCC1. The van der Waals surface area contributed by atoms with Crippen molar-refractivity contribution in [1.82, 2.24) is 15.8 Å². The number of nitrogens with one attached hydrogen (secondary N) is 2. The van der Waals surface area contributed by atoms with Gasteiger partial charge in [-0.1, -0.05) is 24.3 Å². The first kappa shape index (κ1) is 15.9. The zero-order valence-electron chi connectivity index (χ0n) is 13.9. The van der Waals surface area contributed by atoms with Crippen LogP contribution in [0.1, 0.15) is 24.6 Å². The van der Waals surface area contributed by atoms with Crippen LogP contribution in [0.3, 0.4) is 0 Å². The Hall–Kier alpha value is -2.62. The van der Waals surface area contributed by atoms with Crippen LogP contribution < -0.4 is 10.9 Å². The number of furan rings is 1. The molecule has 2 aliphatic heterocycles. The molecule has 2 N–H and O–H groups in total. The van der Waals surface area contributed by atoms with Gasteiger partial charge in [0.05, 0.1) is 6.04 Å². The molecular weight excluding hydrogens is 316 g/mol. The molecule has 6 nitrogen and oxygen atoms in total. The Morgan fingerprint density at radius 1 is 1.32 bits per heavy atom. The quantitative estimate of drug-likeness (QED) is 0.664. The lowest BCUT2D eigenvalue weighted by Crippen LogP contribution is -2.29. The minimum Gasteiger partial charge on any atom is -0.459 e. The van der Waals surface area contributed by atoms with E-state index in [1.54, 1.807) is 11.0 Å². The Kier molecular flexibility index (Phi) is 4.26. The van der Waals surface area contributed by atoms with Gasteiger partial charge in [-0.3, -0.25) is 10.2 Å². The number of hydrogen-bond donors (Lipinski definition) is 2. The summed E-state index contributed by atoms with van der Waals surface area (Å²) in [5, 5.41) is 10.5. The second-order valence-corrected chi connectivity index (χ2v) is 6.54. The first-order valence-corrected chi connectivity index (χ1v) is 8.64. The Bertz CT molecular complexity index is 825. The number of likely N-dealkylation sites (tertiary alicyclic amines) is 1. The van der Waals surface area contributed by atoms with Crippen LogP contribution in [0.5, 0.6) is 0 Å². The first-order valence-electron chi connectivity index (χ1n) is 8.64. The van der Waals surface area contributed by atoms with Gasteiger partial charge >= 0.3 is 0 Å². The summed E-state index contributed by atoms with van der Waals surface area (Å²) in [6.45, 7) is 2.12. The predicted octanol–water partition coefficient (Wildman–Crippen LogP) is 2.27. The molecule has 3 heterocycles. The monoisotopic (exact) mass is 336 g/mol. The highest BCUT2D eigenvalue weighted by Crippen LogP contribution is 2.31. The van der Waals surface area contributed by atoms with E-state index < -0.39 is 0 Å². The Balaban J connectivity index is 1.59. The molecule has 1 aromatic carbocycles. The molecule has 6 heteroatoms. The number of rotatable bonds is 3. The highest BCUT2D eigenvalue weighted by atomic mass is 16.3. The van der Waals surface area contributed by atoms with Gasteiger partial charge in [0.25, 0.3) is 5.91 Å². The molecule has 4 rings (SSSR count). The molecule has 0 radical (unpaired) electrons. The zero-order valence-corrected chi connectivity index (χ0v) is 13.9. The number of fused-ring (bicyclic) bond motifs is 1. The van der Waals surface area contributed by atoms with Crippen molar-refractivity contribution in [3.05, 3.63) is 47.7 Å². The number of para-hydroxylation sites is 1. The van der Waals surface area contributed by atoms with Gasteiger partial charge in [0, 0.05) is 30.9 Å². The second kappa shape index (κ2) is 6.71. The van der Waals surface area contributed by atoms with E-state index in [0.717, 1.165) is 42.7 Å². The van der Waals surface area contributed by atoms with E-state index in [1.165, 1.54) is 0 Å². The number of nitrogens with zero attached hydrogens (tertiary/aromatic N) is 2. The predicted molar refractivity (Wildman–Crippen MR) is 93.1 cm³/mol. The summed E-state index contributed by atoms with van der Waals surface area (Å²) in [5.41, 5.74) is 7.37. The van der Waals surface area contributed by atoms with Crippen LogP contribution in [-0.2, 0) is 4.79 Å². The fraction of sp³-hybridized carbons (Fsp3) is 0.368. The van der Waals surface area contributed by atoms with E-state index in [-0.39, 0.29) is 23.4 Å². The lowest BCUT2D eigenvalue weighted by molar-refractivity contribution is -0.125. The number of carbonyl (C=O) groups is 1. The third kappa shape index (κ3) is 3.04. The lowest BCUT2D eigenvalue weighted by Gasteiger charge is -2.16. The van der Waals surface area contributed by atoms with Crippen molar-refractivity contribution in [2.75, 3.05) is 19.6 Å². The van der Waals surface area contributed by atoms with Crippen molar-refractivity contribution in [2.24, 2.45) is 5.92 Å². The van der Waals surface area contributed by atoms with E-state index >= 15 is 0 Å². The Morgan fingerprint density at radius 2 is 2.12 bits per heavy atom. The largest absolute Gasteiger partial charge is 0.459 e. The van der Waals surface area contributed by atoms with Crippen molar-refractivity contribution in [1.29, 1.82) is 5.26 Å². The van der Waals surface area contributed by atoms with E-state index in [0.29, 0.717) is 6.54 Å². The summed E-state index contributed by atoms with van der Waals surface area (Å²) < 4.78 is 5.95. The second-order valence-electron chi connectivity index (χ2n) is 6.54.